The molecule has 1 rings (SSSR count). The number of nitrogens with zero attached hydrogens (tertiary/aromatic N) is 3. The predicted molar refractivity (Wildman–Crippen MR) is 55.6 cm³/mol. The summed E-state index contributed by atoms with van der Waals surface area (Å²) in [5.74, 6) is 0. The van der Waals surface area contributed by atoms with Gasteiger partial charge < -0.3 is 0 Å². The van der Waals surface area contributed by atoms with Gasteiger partial charge >= 0.3 is 0 Å². The molecule has 0 bridgehead atoms. The van der Waals surface area contributed by atoms with E-state index in [0.717, 1.165) is 24.9 Å². The molecule has 76 valence electrons. The van der Waals surface area contributed by atoms with E-state index >= 15 is 0 Å². The summed E-state index contributed by atoms with van der Waals surface area (Å²) in [6.07, 6.45) is 5.54. The first-order chi connectivity index (χ1) is 6.63. The van der Waals surface area contributed by atoms with Crippen molar-refractivity contribution in [2.45, 2.75) is 40.2 Å². The van der Waals surface area contributed by atoms with E-state index in [1.165, 1.54) is 0 Å². The first-order valence-electron chi connectivity index (χ1n) is 5.06. The highest BCUT2D eigenvalue weighted by atomic mass is 15.3. The minimum Gasteiger partial charge on any atom is -0.273 e. The van der Waals surface area contributed by atoms with Crippen molar-refractivity contribution in [1.29, 1.82) is 5.26 Å². The fourth-order valence-electron chi connectivity index (χ4n) is 1.36. The van der Waals surface area contributed by atoms with Crippen LogP contribution < -0.4 is 0 Å². The van der Waals surface area contributed by atoms with Crippen LogP contribution in [-0.4, -0.2) is 9.78 Å². The van der Waals surface area contributed by atoms with Crippen molar-refractivity contribution in [3.8, 4) is 6.07 Å². The van der Waals surface area contributed by atoms with E-state index in [-0.39, 0.29) is 5.41 Å². The average Bonchev–Trinajstić information content (AvgIpc) is 2.65. The second kappa shape index (κ2) is 4.28. The van der Waals surface area contributed by atoms with Gasteiger partial charge in [0.1, 0.15) is 0 Å². The monoisotopic (exact) mass is 191 g/mol. The molecule has 0 N–H and O–H groups in total. The zero-order valence-electron chi connectivity index (χ0n) is 9.12. The summed E-state index contributed by atoms with van der Waals surface area (Å²) in [6, 6.07) is 2.37. The van der Waals surface area contributed by atoms with E-state index in [9.17, 15) is 0 Å². The molecule has 3 heteroatoms. The largest absolute Gasteiger partial charge is 0.273 e. The third kappa shape index (κ3) is 2.35. The van der Waals surface area contributed by atoms with Crippen molar-refractivity contribution >= 4 is 0 Å². The fourth-order valence-corrected chi connectivity index (χ4v) is 1.36. The Hall–Kier alpha value is -1.30. The second-order valence-corrected chi connectivity index (χ2v) is 3.91. The highest BCUT2D eigenvalue weighted by molar-refractivity contribution is 5.11. The van der Waals surface area contributed by atoms with Crippen molar-refractivity contribution in [2.75, 3.05) is 0 Å². The number of hydrogen-bond acceptors (Lipinski definition) is 2. The van der Waals surface area contributed by atoms with Crippen molar-refractivity contribution in [1.82, 2.24) is 9.78 Å². The SMILES string of the molecule is CCn1cc(CC(C)(C#N)CC)cn1. The van der Waals surface area contributed by atoms with Gasteiger partial charge in [-0.2, -0.15) is 10.4 Å². The molecule has 0 amide bonds. The third-order valence-corrected chi connectivity index (χ3v) is 2.66. The van der Waals surface area contributed by atoms with Crippen LogP contribution in [0.15, 0.2) is 12.4 Å². The molecule has 1 heterocycles. The second-order valence-electron chi connectivity index (χ2n) is 3.91. The minimum atomic E-state index is -0.248. The topological polar surface area (TPSA) is 41.6 Å². The lowest BCUT2D eigenvalue weighted by atomic mass is 9.84. The molecule has 0 aliphatic heterocycles. The molecule has 0 spiro atoms. The van der Waals surface area contributed by atoms with Gasteiger partial charge in [-0.25, -0.2) is 0 Å². The Bertz CT molecular complexity index is 335. The van der Waals surface area contributed by atoms with Crippen LogP contribution in [0.2, 0.25) is 0 Å². The van der Waals surface area contributed by atoms with Gasteiger partial charge in [0.05, 0.1) is 17.7 Å². The Labute approximate surface area is 85.4 Å². The Balaban J connectivity index is 2.73. The first kappa shape index (κ1) is 10.8. The number of aryl methyl sites for hydroxylation is 1. The summed E-state index contributed by atoms with van der Waals surface area (Å²) in [5.41, 5.74) is 0.902. The maximum atomic E-state index is 9.03. The van der Waals surface area contributed by atoms with Crippen molar-refractivity contribution in [3.63, 3.8) is 0 Å². The number of aromatic nitrogens is 2. The van der Waals surface area contributed by atoms with Crippen LogP contribution in [0.3, 0.4) is 0 Å². The quantitative estimate of drug-likeness (QED) is 0.733. The first-order valence-corrected chi connectivity index (χ1v) is 5.06. The van der Waals surface area contributed by atoms with Crippen LogP contribution in [0.5, 0.6) is 0 Å². The molecule has 1 unspecified atom stereocenters. The normalized spacial score (nSPS) is 14.7. The fraction of sp³-hybridized carbons (Fsp3) is 0.636. The lowest BCUT2D eigenvalue weighted by molar-refractivity contribution is 0.422. The lowest BCUT2D eigenvalue weighted by Gasteiger charge is -2.17. The van der Waals surface area contributed by atoms with Gasteiger partial charge in [0.25, 0.3) is 0 Å². The Kier molecular flexibility index (Phi) is 3.29. The Morgan fingerprint density at radius 1 is 1.57 bits per heavy atom. The van der Waals surface area contributed by atoms with E-state index < -0.39 is 0 Å². The van der Waals surface area contributed by atoms with E-state index in [1.807, 2.05) is 30.9 Å². The number of rotatable bonds is 4. The van der Waals surface area contributed by atoms with E-state index in [4.69, 9.17) is 5.26 Å². The zero-order valence-corrected chi connectivity index (χ0v) is 9.12. The Morgan fingerprint density at radius 3 is 2.71 bits per heavy atom. The standard InChI is InChI=1S/C11H17N3/c1-4-11(3,9-12)6-10-7-13-14(5-2)8-10/h7-8H,4-6H2,1-3H3. The van der Waals surface area contributed by atoms with Gasteiger partial charge in [0.15, 0.2) is 0 Å². The molecule has 0 radical (unpaired) electrons. The van der Waals surface area contributed by atoms with Gasteiger partial charge in [0, 0.05) is 12.7 Å². The van der Waals surface area contributed by atoms with Crippen molar-refractivity contribution < 1.29 is 0 Å². The minimum absolute atomic E-state index is 0.248. The van der Waals surface area contributed by atoms with Gasteiger partial charge in [-0.1, -0.05) is 6.92 Å². The molecule has 0 aliphatic rings. The van der Waals surface area contributed by atoms with E-state index in [2.05, 4.69) is 18.1 Å². The highest BCUT2D eigenvalue weighted by Gasteiger charge is 2.22. The van der Waals surface area contributed by atoms with Crippen LogP contribution in [0.4, 0.5) is 0 Å². The predicted octanol–water partition coefficient (Wildman–Crippen LogP) is 2.39. The molecule has 14 heavy (non-hydrogen) atoms. The van der Waals surface area contributed by atoms with Crippen LogP contribution >= 0.6 is 0 Å². The highest BCUT2D eigenvalue weighted by Crippen LogP contribution is 2.24. The van der Waals surface area contributed by atoms with Crippen LogP contribution in [0.1, 0.15) is 32.8 Å². The van der Waals surface area contributed by atoms with E-state index in [0.29, 0.717) is 0 Å². The molecule has 1 atom stereocenters. The molecular formula is C11H17N3. The number of hydrogen-bond donors (Lipinski definition) is 0. The lowest BCUT2D eigenvalue weighted by Crippen LogP contribution is -2.15. The molecule has 0 saturated carbocycles. The molecule has 1 aromatic rings. The van der Waals surface area contributed by atoms with Crippen LogP contribution in [0, 0.1) is 16.7 Å². The smallest absolute Gasteiger partial charge is 0.0690 e. The molecule has 0 aromatic carbocycles. The van der Waals surface area contributed by atoms with Crippen LogP contribution in [0.25, 0.3) is 0 Å². The molecule has 0 fully saturated rings. The molecule has 0 aliphatic carbocycles. The number of nitriles is 1. The molecule has 3 nitrogen and oxygen atoms in total. The molecule has 1 aromatic heterocycles. The summed E-state index contributed by atoms with van der Waals surface area (Å²) in [4.78, 5) is 0. The molecule has 0 saturated heterocycles. The molecular weight excluding hydrogens is 174 g/mol. The van der Waals surface area contributed by atoms with Gasteiger partial charge in [0.2, 0.25) is 0 Å². The summed E-state index contributed by atoms with van der Waals surface area (Å²) >= 11 is 0. The van der Waals surface area contributed by atoms with Crippen molar-refractivity contribution in [2.24, 2.45) is 5.41 Å². The zero-order chi connectivity index (χ0) is 10.6. The maximum absolute atomic E-state index is 9.03. The summed E-state index contributed by atoms with van der Waals surface area (Å²) in [7, 11) is 0. The van der Waals surface area contributed by atoms with Gasteiger partial charge in [-0.3, -0.25) is 4.68 Å². The summed E-state index contributed by atoms with van der Waals surface area (Å²) < 4.78 is 1.89. The average molecular weight is 191 g/mol. The Morgan fingerprint density at radius 2 is 2.29 bits per heavy atom. The van der Waals surface area contributed by atoms with Gasteiger partial charge in [-0.15, -0.1) is 0 Å². The van der Waals surface area contributed by atoms with Crippen molar-refractivity contribution in [3.05, 3.63) is 18.0 Å². The van der Waals surface area contributed by atoms with Gasteiger partial charge in [-0.05, 0) is 32.3 Å². The van der Waals surface area contributed by atoms with Crippen LogP contribution in [-0.2, 0) is 13.0 Å². The summed E-state index contributed by atoms with van der Waals surface area (Å²) in [5, 5.41) is 13.2. The maximum Gasteiger partial charge on any atom is 0.0690 e. The van der Waals surface area contributed by atoms with E-state index in [1.54, 1.807) is 0 Å². The summed E-state index contributed by atoms with van der Waals surface area (Å²) in [6.45, 7) is 6.99. The third-order valence-electron chi connectivity index (χ3n) is 2.66.